The average Bonchev–Trinajstić information content (AvgIpc) is 2.27. The van der Waals surface area contributed by atoms with Crippen molar-refractivity contribution in [2.24, 2.45) is 0 Å². The van der Waals surface area contributed by atoms with Gasteiger partial charge in [-0.3, -0.25) is 0 Å². The molecule has 0 aliphatic carbocycles. The normalized spacial score (nSPS) is 13.7. The Balaban J connectivity index is 2.82. The van der Waals surface area contributed by atoms with Crippen LogP contribution in [0.1, 0.15) is 19.4 Å². The lowest BCUT2D eigenvalue weighted by Crippen LogP contribution is -2.30. The van der Waals surface area contributed by atoms with Gasteiger partial charge in [-0.05, 0) is 31.0 Å². The molecule has 0 aliphatic heterocycles. The third-order valence-electron chi connectivity index (χ3n) is 2.21. The Morgan fingerprint density at radius 3 is 2.31 bits per heavy atom. The van der Waals surface area contributed by atoms with Gasteiger partial charge in [0.2, 0.25) is 10.0 Å². The van der Waals surface area contributed by atoms with Crippen LogP contribution in [-0.4, -0.2) is 26.2 Å². The fourth-order valence-corrected chi connectivity index (χ4v) is 2.34. The first-order valence-corrected chi connectivity index (χ1v) is 6.70. The van der Waals surface area contributed by atoms with E-state index in [1.54, 1.807) is 24.3 Å². The van der Waals surface area contributed by atoms with Crippen molar-refractivity contribution >= 4 is 10.0 Å². The van der Waals surface area contributed by atoms with Gasteiger partial charge in [-0.15, -0.1) is 0 Å². The lowest BCUT2D eigenvalue weighted by Gasteiger charge is -2.08. The minimum absolute atomic E-state index is 0.0257. The van der Waals surface area contributed by atoms with Crippen LogP contribution in [0.15, 0.2) is 29.2 Å². The largest absolute Gasteiger partial charge is 0.392 e. The summed E-state index contributed by atoms with van der Waals surface area (Å²) in [5.41, 5.74) is 1.09. The third kappa shape index (κ3) is 3.59. The summed E-state index contributed by atoms with van der Waals surface area (Å²) < 4.78 is 25.8. The van der Waals surface area contributed by atoms with E-state index in [9.17, 15) is 8.42 Å². The van der Waals surface area contributed by atoms with Crippen molar-refractivity contribution in [1.29, 1.82) is 0 Å². The van der Waals surface area contributed by atoms with Crippen molar-refractivity contribution < 1.29 is 13.5 Å². The van der Waals surface area contributed by atoms with Crippen LogP contribution in [0.25, 0.3) is 0 Å². The number of hydrogen-bond acceptors (Lipinski definition) is 3. The van der Waals surface area contributed by atoms with Gasteiger partial charge in [0.25, 0.3) is 0 Å². The number of rotatable bonds is 5. The second-order valence-electron chi connectivity index (χ2n) is 3.70. The van der Waals surface area contributed by atoms with Crippen LogP contribution < -0.4 is 4.72 Å². The van der Waals surface area contributed by atoms with Crippen molar-refractivity contribution in [3.8, 4) is 0 Å². The van der Waals surface area contributed by atoms with Crippen LogP contribution in [-0.2, 0) is 16.4 Å². The highest BCUT2D eigenvalue weighted by Crippen LogP contribution is 2.10. The number of benzene rings is 1. The van der Waals surface area contributed by atoms with E-state index in [1.807, 2.05) is 6.92 Å². The first kappa shape index (κ1) is 13.2. The maximum Gasteiger partial charge on any atom is 0.240 e. The van der Waals surface area contributed by atoms with Gasteiger partial charge < -0.3 is 5.11 Å². The Labute approximate surface area is 96.4 Å². The van der Waals surface area contributed by atoms with E-state index < -0.39 is 16.1 Å². The van der Waals surface area contributed by atoms with Gasteiger partial charge in [0.15, 0.2) is 0 Å². The molecule has 1 atom stereocenters. The summed E-state index contributed by atoms with van der Waals surface area (Å²) >= 11 is 0. The van der Waals surface area contributed by atoms with Gasteiger partial charge >= 0.3 is 0 Å². The van der Waals surface area contributed by atoms with Crippen molar-refractivity contribution in [3.05, 3.63) is 29.8 Å². The fourth-order valence-electron chi connectivity index (χ4n) is 1.22. The fraction of sp³-hybridized carbons (Fsp3) is 0.455. The highest BCUT2D eigenvalue weighted by molar-refractivity contribution is 7.89. The summed E-state index contributed by atoms with van der Waals surface area (Å²) in [5.74, 6) is 0. The Hall–Kier alpha value is -0.910. The molecular weight excluding hydrogens is 226 g/mol. The van der Waals surface area contributed by atoms with Gasteiger partial charge in [0.1, 0.15) is 0 Å². The van der Waals surface area contributed by atoms with E-state index in [-0.39, 0.29) is 11.4 Å². The van der Waals surface area contributed by atoms with Crippen molar-refractivity contribution in [1.82, 2.24) is 4.72 Å². The number of aliphatic hydroxyl groups excluding tert-OH is 1. The second kappa shape index (κ2) is 5.43. The quantitative estimate of drug-likeness (QED) is 0.807. The Bertz CT molecular complexity index is 423. The molecule has 0 aliphatic rings. The molecule has 0 unspecified atom stereocenters. The average molecular weight is 243 g/mol. The maximum absolute atomic E-state index is 11.7. The van der Waals surface area contributed by atoms with Crippen LogP contribution in [0.2, 0.25) is 0 Å². The molecule has 16 heavy (non-hydrogen) atoms. The molecule has 90 valence electrons. The molecule has 0 radical (unpaired) electrons. The Kier molecular flexibility index (Phi) is 4.46. The molecule has 0 saturated carbocycles. The molecule has 5 heteroatoms. The number of aryl methyl sites for hydroxylation is 1. The first-order chi connectivity index (χ1) is 7.45. The molecule has 1 rings (SSSR count). The van der Waals surface area contributed by atoms with Crippen LogP contribution >= 0.6 is 0 Å². The summed E-state index contributed by atoms with van der Waals surface area (Å²) in [6.07, 6.45) is 0.186. The standard InChI is InChI=1S/C11H17NO3S/c1-3-10-4-6-11(7-5-10)16(14,15)12-8-9(2)13/h4-7,9,12-13H,3,8H2,1-2H3/t9-/m1/s1. The predicted molar refractivity (Wildman–Crippen MR) is 62.7 cm³/mol. The lowest BCUT2D eigenvalue weighted by molar-refractivity contribution is 0.198. The van der Waals surface area contributed by atoms with Gasteiger partial charge in [0, 0.05) is 6.54 Å². The van der Waals surface area contributed by atoms with E-state index in [4.69, 9.17) is 5.11 Å². The minimum atomic E-state index is -3.49. The van der Waals surface area contributed by atoms with Crippen LogP contribution in [0.5, 0.6) is 0 Å². The van der Waals surface area contributed by atoms with Gasteiger partial charge in [0.05, 0.1) is 11.0 Å². The van der Waals surface area contributed by atoms with E-state index >= 15 is 0 Å². The number of sulfonamides is 1. The molecule has 1 aromatic carbocycles. The Morgan fingerprint density at radius 1 is 1.31 bits per heavy atom. The maximum atomic E-state index is 11.7. The van der Waals surface area contributed by atoms with Crippen LogP contribution in [0.4, 0.5) is 0 Å². The number of aliphatic hydroxyl groups is 1. The van der Waals surface area contributed by atoms with E-state index in [0.717, 1.165) is 12.0 Å². The highest BCUT2D eigenvalue weighted by atomic mass is 32.2. The summed E-state index contributed by atoms with van der Waals surface area (Å²) in [6, 6.07) is 6.72. The second-order valence-corrected chi connectivity index (χ2v) is 5.47. The monoisotopic (exact) mass is 243 g/mol. The predicted octanol–water partition coefficient (Wildman–Crippen LogP) is 0.908. The number of hydrogen-bond donors (Lipinski definition) is 2. The highest BCUT2D eigenvalue weighted by Gasteiger charge is 2.13. The summed E-state index contributed by atoms with van der Waals surface area (Å²) in [7, 11) is -3.49. The first-order valence-electron chi connectivity index (χ1n) is 5.22. The molecule has 0 spiro atoms. The van der Waals surface area contributed by atoms with Gasteiger partial charge in [-0.2, -0.15) is 0 Å². The third-order valence-corrected chi connectivity index (χ3v) is 3.65. The molecule has 0 aromatic heterocycles. The molecule has 1 aromatic rings. The van der Waals surface area contributed by atoms with Gasteiger partial charge in [-0.1, -0.05) is 19.1 Å². The molecule has 0 fully saturated rings. The summed E-state index contributed by atoms with van der Waals surface area (Å²) in [5, 5.41) is 9.02. The van der Waals surface area contributed by atoms with E-state index in [0.29, 0.717) is 0 Å². The van der Waals surface area contributed by atoms with Crippen molar-refractivity contribution in [3.63, 3.8) is 0 Å². The van der Waals surface area contributed by atoms with Crippen LogP contribution in [0, 0.1) is 0 Å². The van der Waals surface area contributed by atoms with Crippen molar-refractivity contribution in [2.75, 3.05) is 6.54 Å². The summed E-state index contributed by atoms with van der Waals surface area (Å²) in [6.45, 7) is 3.57. The Morgan fingerprint density at radius 2 is 1.88 bits per heavy atom. The van der Waals surface area contributed by atoms with Gasteiger partial charge in [-0.25, -0.2) is 13.1 Å². The zero-order valence-corrected chi connectivity index (χ0v) is 10.3. The molecule has 0 amide bonds. The molecular formula is C11H17NO3S. The zero-order chi connectivity index (χ0) is 12.2. The molecule has 0 saturated heterocycles. The SMILES string of the molecule is CCc1ccc(S(=O)(=O)NC[C@@H](C)O)cc1. The molecule has 0 bridgehead atoms. The molecule has 0 heterocycles. The molecule has 2 N–H and O–H groups in total. The van der Waals surface area contributed by atoms with E-state index in [1.165, 1.54) is 6.92 Å². The lowest BCUT2D eigenvalue weighted by atomic mass is 10.2. The minimum Gasteiger partial charge on any atom is -0.392 e. The molecule has 4 nitrogen and oxygen atoms in total. The summed E-state index contributed by atoms with van der Waals surface area (Å²) in [4.78, 5) is 0.227. The van der Waals surface area contributed by atoms with E-state index in [2.05, 4.69) is 4.72 Å². The topological polar surface area (TPSA) is 66.4 Å². The zero-order valence-electron chi connectivity index (χ0n) is 9.47. The number of nitrogens with one attached hydrogen (secondary N) is 1. The van der Waals surface area contributed by atoms with Crippen molar-refractivity contribution in [2.45, 2.75) is 31.3 Å². The van der Waals surface area contributed by atoms with Crippen LogP contribution in [0.3, 0.4) is 0 Å². The smallest absolute Gasteiger partial charge is 0.240 e.